The minimum absolute atomic E-state index is 0.0602. The van der Waals surface area contributed by atoms with Crippen LogP contribution in [0.4, 0.5) is 17.5 Å². The van der Waals surface area contributed by atoms with Crippen molar-refractivity contribution < 1.29 is 5.11 Å². The maximum absolute atomic E-state index is 8.85. The third kappa shape index (κ3) is 5.16. The predicted octanol–water partition coefficient (Wildman–Crippen LogP) is 3.79. The van der Waals surface area contributed by atoms with Gasteiger partial charge in [-0.15, -0.1) is 0 Å². The Morgan fingerprint density at radius 2 is 1.60 bits per heavy atom. The first-order chi connectivity index (χ1) is 12.3. The van der Waals surface area contributed by atoms with Crippen LogP contribution in [0.2, 0.25) is 0 Å². The van der Waals surface area contributed by atoms with Crippen LogP contribution >= 0.6 is 0 Å². The van der Waals surface area contributed by atoms with Crippen LogP contribution in [0.5, 0.6) is 0 Å². The van der Waals surface area contributed by atoms with Gasteiger partial charge in [0, 0.05) is 18.4 Å². The summed E-state index contributed by atoms with van der Waals surface area (Å²) in [6.45, 7) is 0.517. The molecule has 3 N–H and O–H groups in total. The molecule has 0 aliphatic carbocycles. The molecule has 0 atom stereocenters. The van der Waals surface area contributed by atoms with Crippen molar-refractivity contribution in [2.75, 3.05) is 23.8 Å². The Bertz CT molecular complexity index is 817. The highest BCUT2D eigenvalue weighted by molar-refractivity contribution is 5.70. The van der Waals surface area contributed by atoms with Crippen molar-refractivity contribution >= 4 is 29.6 Å². The minimum atomic E-state index is 0.0602. The second-order valence-corrected chi connectivity index (χ2v) is 5.41. The highest BCUT2D eigenvalue weighted by atomic mass is 16.3. The number of nitrogens with one attached hydrogen (secondary N) is 2. The molecule has 0 amide bonds. The summed E-state index contributed by atoms with van der Waals surface area (Å²) in [6.07, 6.45) is 5.84. The maximum atomic E-state index is 8.85. The fraction of sp³-hybridized carbons (Fsp3) is 0.100. The van der Waals surface area contributed by atoms with E-state index in [1.807, 2.05) is 42.5 Å². The Balaban J connectivity index is 1.64. The summed E-state index contributed by atoms with van der Waals surface area (Å²) in [5.74, 6) is 1.18. The van der Waals surface area contributed by atoms with Gasteiger partial charge in [-0.3, -0.25) is 0 Å². The van der Waals surface area contributed by atoms with Gasteiger partial charge in [-0.1, -0.05) is 54.6 Å². The first-order valence-electron chi connectivity index (χ1n) is 8.11. The number of anilines is 3. The van der Waals surface area contributed by atoms with Crippen molar-refractivity contribution in [3.8, 4) is 0 Å². The van der Waals surface area contributed by atoms with Gasteiger partial charge in [0.05, 0.1) is 6.61 Å². The molecular formula is C20H20N4O. The van der Waals surface area contributed by atoms with Crippen LogP contribution in [0.15, 0.2) is 66.9 Å². The van der Waals surface area contributed by atoms with E-state index < -0.39 is 0 Å². The van der Waals surface area contributed by atoms with E-state index in [0.29, 0.717) is 18.3 Å². The van der Waals surface area contributed by atoms with Gasteiger partial charge in [0.25, 0.3) is 0 Å². The van der Waals surface area contributed by atoms with E-state index in [-0.39, 0.29) is 6.61 Å². The Hall–Kier alpha value is -3.18. The van der Waals surface area contributed by atoms with Crippen LogP contribution in [0, 0.1) is 0 Å². The predicted molar refractivity (Wildman–Crippen MR) is 103 cm³/mol. The second kappa shape index (κ2) is 8.61. The van der Waals surface area contributed by atoms with E-state index in [0.717, 1.165) is 11.3 Å². The lowest BCUT2D eigenvalue weighted by molar-refractivity contribution is 0.311. The smallest absolute Gasteiger partial charge is 0.229 e. The molecule has 5 nitrogen and oxygen atoms in total. The zero-order chi connectivity index (χ0) is 17.3. The maximum Gasteiger partial charge on any atom is 0.229 e. The summed E-state index contributed by atoms with van der Waals surface area (Å²) in [5, 5.41) is 15.0. The van der Waals surface area contributed by atoms with Crippen molar-refractivity contribution in [3.05, 3.63) is 78.0 Å². The zero-order valence-corrected chi connectivity index (χ0v) is 13.8. The molecule has 0 bridgehead atoms. The van der Waals surface area contributed by atoms with E-state index in [2.05, 4.69) is 44.9 Å². The highest BCUT2D eigenvalue weighted by Gasteiger charge is 2.00. The number of benzene rings is 2. The number of aliphatic hydroxyl groups is 1. The molecule has 3 rings (SSSR count). The monoisotopic (exact) mass is 332 g/mol. The summed E-state index contributed by atoms with van der Waals surface area (Å²) in [4.78, 5) is 8.55. The average molecular weight is 332 g/mol. The summed E-state index contributed by atoms with van der Waals surface area (Å²) in [7, 11) is 0. The Morgan fingerprint density at radius 3 is 2.32 bits per heavy atom. The number of aliphatic hydroxyl groups excluding tert-OH is 1. The summed E-state index contributed by atoms with van der Waals surface area (Å²) in [6, 6.07) is 20.0. The lowest BCUT2D eigenvalue weighted by Gasteiger charge is -2.07. The number of nitrogens with zero attached hydrogens (tertiary/aromatic N) is 2. The Labute approximate surface area is 147 Å². The summed E-state index contributed by atoms with van der Waals surface area (Å²) >= 11 is 0. The molecule has 1 aromatic heterocycles. The van der Waals surface area contributed by atoms with Crippen LogP contribution in [0.3, 0.4) is 0 Å². The number of rotatable bonds is 7. The molecule has 0 saturated carbocycles. The standard InChI is InChI=1S/C20H20N4O/c25-15-14-21-19-12-13-22-20(24-19)23-18-10-8-17(9-11-18)7-6-16-4-2-1-3-5-16/h1-13,25H,14-15H2,(H2,21,22,23,24). The molecule has 0 aliphatic rings. The molecule has 5 heteroatoms. The van der Waals surface area contributed by atoms with Gasteiger partial charge >= 0.3 is 0 Å². The third-order valence-corrected chi connectivity index (χ3v) is 3.51. The minimum Gasteiger partial charge on any atom is -0.395 e. The van der Waals surface area contributed by atoms with Gasteiger partial charge in [0.15, 0.2) is 0 Å². The molecule has 0 spiro atoms. The molecule has 3 aromatic rings. The largest absolute Gasteiger partial charge is 0.395 e. The number of hydrogen-bond acceptors (Lipinski definition) is 5. The van der Waals surface area contributed by atoms with Crippen LogP contribution in [0.1, 0.15) is 11.1 Å². The topological polar surface area (TPSA) is 70.1 Å². The van der Waals surface area contributed by atoms with Crippen molar-refractivity contribution in [2.24, 2.45) is 0 Å². The Kier molecular flexibility index (Phi) is 5.74. The normalized spacial score (nSPS) is 10.8. The summed E-state index contributed by atoms with van der Waals surface area (Å²) in [5.41, 5.74) is 3.20. The average Bonchev–Trinajstić information content (AvgIpc) is 2.67. The molecule has 0 saturated heterocycles. The molecular weight excluding hydrogens is 312 g/mol. The van der Waals surface area contributed by atoms with E-state index in [1.165, 1.54) is 5.56 Å². The third-order valence-electron chi connectivity index (χ3n) is 3.51. The lowest BCUT2D eigenvalue weighted by atomic mass is 10.1. The fourth-order valence-electron chi connectivity index (χ4n) is 2.26. The van der Waals surface area contributed by atoms with Crippen LogP contribution in [-0.4, -0.2) is 28.2 Å². The number of aromatic nitrogens is 2. The molecule has 0 fully saturated rings. The van der Waals surface area contributed by atoms with Gasteiger partial charge in [0.2, 0.25) is 5.95 Å². The van der Waals surface area contributed by atoms with E-state index >= 15 is 0 Å². The molecule has 0 aliphatic heterocycles. The van der Waals surface area contributed by atoms with Gasteiger partial charge in [-0.25, -0.2) is 4.98 Å². The summed E-state index contributed by atoms with van der Waals surface area (Å²) < 4.78 is 0. The first kappa shape index (κ1) is 16.7. The van der Waals surface area contributed by atoms with Crippen molar-refractivity contribution in [2.45, 2.75) is 0 Å². The van der Waals surface area contributed by atoms with Crippen molar-refractivity contribution in [1.82, 2.24) is 9.97 Å². The van der Waals surface area contributed by atoms with Gasteiger partial charge in [0.1, 0.15) is 5.82 Å². The fourth-order valence-corrected chi connectivity index (χ4v) is 2.26. The number of hydrogen-bond donors (Lipinski definition) is 3. The van der Waals surface area contributed by atoms with Crippen molar-refractivity contribution in [3.63, 3.8) is 0 Å². The van der Waals surface area contributed by atoms with E-state index in [4.69, 9.17) is 5.11 Å². The van der Waals surface area contributed by atoms with E-state index in [1.54, 1.807) is 12.3 Å². The van der Waals surface area contributed by atoms with Gasteiger partial charge < -0.3 is 15.7 Å². The van der Waals surface area contributed by atoms with Crippen LogP contribution in [0.25, 0.3) is 12.2 Å². The zero-order valence-electron chi connectivity index (χ0n) is 13.8. The highest BCUT2D eigenvalue weighted by Crippen LogP contribution is 2.16. The Morgan fingerprint density at radius 1 is 0.880 bits per heavy atom. The van der Waals surface area contributed by atoms with Crippen molar-refractivity contribution in [1.29, 1.82) is 0 Å². The first-order valence-corrected chi connectivity index (χ1v) is 8.11. The second-order valence-electron chi connectivity index (χ2n) is 5.41. The molecule has 0 radical (unpaired) electrons. The molecule has 1 heterocycles. The molecule has 2 aromatic carbocycles. The van der Waals surface area contributed by atoms with E-state index in [9.17, 15) is 0 Å². The van der Waals surface area contributed by atoms with Crippen LogP contribution < -0.4 is 10.6 Å². The molecule has 0 unspecified atom stereocenters. The van der Waals surface area contributed by atoms with Gasteiger partial charge in [-0.2, -0.15) is 4.98 Å². The molecule has 25 heavy (non-hydrogen) atoms. The quantitative estimate of drug-likeness (QED) is 0.574. The van der Waals surface area contributed by atoms with Gasteiger partial charge in [-0.05, 0) is 29.3 Å². The molecule has 126 valence electrons. The SMILES string of the molecule is OCCNc1ccnc(Nc2ccc(C=Cc3ccccc3)cc2)n1. The lowest BCUT2D eigenvalue weighted by Crippen LogP contribution is -2.08. The van der Waals surface area contributed by atoms with Crippen LogP contribution in [-0.2, 0) is 0 Å².